The third-order valence-corrected chi connectivity index (χ3v) is 7.92. The maximum Gasteiger partial charge on any atom is 0.249 e. The molecule has 4 aromatic rings. The molecular formula is C30H30FN3O3S. The van der Waals surface area contributed by atoms with Crippen LogP contribution in [0.2, 0.25) is 0 Å². The number of methoxy groups -OCH3 is 1. The first kappa shape index (κ1) is 25.9. The molecule has 38 heavy (non-hydrogen) atoms. The highest BCUT2D eigenvalue weighted by Gasteiger charge is 2.27. The molecule has 196 valence electrons. The number of thioether (sulfide) groups is 1. The van der Waals surface area contributed by atoms with Crippen LogP contribution in [0.3, 0.4) is 0 Å². The van der Waals surface area contributed by atoms with Gasteiger partial charge in [-0.15, -0.1) is 0 Å². The topological polar surface area (TPSA) is 74.4 Å². The molecule has 0 saturated heterocycles. The summed E-state index contributed by atoms with van der Waals surface area (Å²) < 4.78 is 19.4. The Balaban J connectivity index is 1.48. The van der Waals surface area contributed by atoms with E-state index in [1.807, 2.05) is 24.3 Å². The number of likely N-dealkylation sites (N-methyl/N-ethyl adjacent to an activating group) is 1. The standard InChI is InChI=1S/C30H30FN3O3S/c1-34(22-7-9-23(37-2)10-8-22)30(36)27-15-20-5-3-4-19(14-20)12-13-38-18-28-25(17-29(35)33-27)24-16-21(31)6-11-26(24)32-28/h3-11,14,16,27,32H,12-13,15,17-18H2,1-2H3,(H,33,35)/t27-/m0/s1. The van der Waals surface area contributed by atoms with Gasteiger partial charge < -0.3 is 19.9 Å². The Labute approximate surface area is 225 Å². The van der Waals surface area contributed by atoms with E-state index in [4.69, 9.17) is 4.74 Å². The summed E-state index contributed by atoms with van der Waals surface area (Å²) in [5.74, 6) is 1.43. The highest BCUT2D eigenvalue weighted by atomic mass is 32.2. The first-order valence-corrected chi connectivity index (χ1v) is 13.7. The number of nitrogens with one attached hydrogen (secondary N) is 2. The number of fused-ring (bicyclic) bond motifs is 5. The number of anilines is 1. The summed E-state index contributed by atoms with van der Waals surface area (Å²) in [6.45, 7) is 0. The van der Waals surface area contributed by atoms with Crippen molar-refractivity contribution in [2.75, 3.05) is 24.8 Å². The van der Waals surface area contributed by atoms with Crippen LogP contribution in [0.4, 0.5) is 10.1 Å². The number of benzene rings is 3. The molecule has 1 atom stereocenters. The molecule has 1 aliphatic rings. The van der Waals surface area contributed by atoms with Crippen molar-refractivity contribution in [2.45, 2.75) is 31.1 Å². The van der Waals surface area contributed by atoms with Crippen LogP contribution in [0.5, 0.6) is 5.75 Å². The second kappa shape index (κ2) is 11.3. The number of aromatic amines is 1. The van der Waals surface area contributed by atoms with Gasteiger partial charge in [-0.2, -0.15) is 11.8 Å². The summed E-state index contributed by atoms with van der Waals surface area (Å²) in [7, 11) is 3.30. The molecule has 0 aliphatic carbocycles. The van der Waals surface area contributed by atoms with Gasteiger partial charge in [0.2, 0.25) is 11.8 Å². The van der Waals surface area contributed by atoms with E-state index in [-0.39, 0.29) is 24.1 Å². The van der Waals surface area contributed by atoms with Gasteiger partial charge in [-0.3, -0.25) is 9.59 Å². The van der Waals surface area contributed by atoms with Crippen LogP contribution >= 0.6 is 11.8 Å². The van der Waals surface area contributed by atoms with Crippen LogP contribution in [0.1, 0.15) is 22.4 Å². The van der Waals surface area contributed by atoms with Crippen molar-refractivity contribution in [3.8, 4) is 5.75 Å². The number of carbonyl (C=O) groups excluding carboxylic acids is 2. The van der Waals surface area contributed by atoms with Crippen molar-refractivity contribution < 1.29 is 18.7 Å². The summed E-state index contributed by atoms with van der Waals surface area (Å²) in [4.78, 5) is 32.1. The first-order valence-electron chi connectivity index (χ1n) is 12.6. The fourth-order valence-electron chi connectivity index (χ4n) is 4.89. The predicted molar refractivity (Wildman–Crippen MR) is 150 cm³/mol. The zero-order valence-electron chi connectivity index (χ0n) is 21.4. The molecule has 3 aromatic carbocycles. The Bertz CT molecular complexity index is 1470. The van der Waals surface area contributed by atoms with Gasteiger partial charge in [-0.05, 0) is 71.3 Å². The van der Waals surface area contributed by atoms with E-state index in [0.29, 0.717) is 29.0 Å². The largest absolute Gasteiger partial charge is 0.497 e. The maximum atomic E-state index is 14.1. The van der Waals surface area contributed by atoms with E-state index in [2.05, 4.69) is 22.4 Å². The lowest BCUT2D eigenvalue weighted by Crippen LogP contribution is -2.49. The minimum absolute atomic E-state index is 0.0510. The zero-order chi connectivity index (χ0) is 26.6. The number of H-pyrrole nitrogens is 1. The van der Waals surface area contributed by atoms with Crippen molar-refractivity contribution in [3.05, 3.63) is 94.9 Å². The van der Waals surface area contributed by atoms with Gasteiger partial charge in [-0.25, -0.2) is 4.39 Å². The lowest BCUT2D eigenvalue weighted by molar-refractivity contribution is -0.127. The minimum atomic E-state index is -0.771. The van der Waals surface area contributed by atoms with Crippen LogP contribution in [0, 0.1) is 5.82 Å². The lowest BCUT2D eigenvalue weighted by Gasteiger charge is -2.25. The van der Waals surface area contributed by atoms with Gasteiger partial charge in [0.15, 0.2) is 0 Å². The second-order valence-electron chi connectivity index (χ2n) is 9.49. The predicted octanol–water partition coefficient (Wildman–Crippen LogP) is 5.04. The van der Waals surface area contributed by atoms with Gasteiger partial charge in [0.25, 0.3) is 0 Å². The monoisotopic (exact) mass is 531 g/mol. The van der Waals surface area contributed by atoms with Crippen LogP contribution < -0.4 is 15.0 Å². The summed E-state index contributed by atoms with van der Waals surface area (Å²) in [6, 6.07) is 19.2. The van der Waals surface area contributed by atoms with Crippen LogP contribution in [0.25, 0.3) is 10.9 Å². The summed E-state index contributed by atoms with van der Waals surface area (Å²) in [5, 5.41) is 3.69. The molecule has 2 amide bonds. The summed E-state index contributed by atoms with van der Waals surface area (Å²) in [6.07, 6.45) is 1.30. The number of ether oxygens (including phenoxy) is 1. The third-order valence-electron chi connectivity index (χ3n) is 6.93. The molecule has 1 aliphatic heterocycles. The molecule has 0 saturated carbocycles. The number of rotatable bonds is 3. The fourth-order valence-corrected chi connectivity index (χ4v) is 5.86. The van der Waals surface area contributed by atoms with Gasteiger partial charge in [0.05, 0.1) is 13.5 Å². The van der Waals surface area contributed by atoms with E-state index in [1.165, 1.54) is 17.7 Å². The Kier molecular flexibility index (Phi) is 7.69. The Morgan fingerprint density at radius 1 is 1.08 bits per heavy atom. The van der Waals surface area contributed by atoms with Crippen LogP contribution in [-0.2, 0) is 34.6 Å². The van der Waals surface area contributed by atoms with E-state index < -0.39 is 6.04 Å². The van der Waals surface area contributed by atoms with Gasteiger partial charge in [-0.1, -0.05) is 24.3 Å². The van der Waals surface area contributed by atoms with Gasteiger partial charge >= 0.3 is 0 Å². The minimum Gasteiger partial charge on any atom is -0.497 e. The highest BCUT2D eigenvalue weighted by Crippen LogP contribution is 2.28. The van der Waals surface area contributed by atoms with Crippen molar-refractivity contribution in [1.82, 2.24) is 10.3 Å². The number of halogens is 1. The molecular weight excluding hydrogens is 501 g/mol. The maximum absolute atomic E-state index is 14.1. The van der Waals surface area contributed by atoms with Crippen molar-refractivity contribution >= 4 is 40.2 Å². The lowest BCUT2D eigenvalue weighted by atomic mass is 10.0. The average molecular weight is 532 g/mol. The molecule has 0 spiro atoms. The number of aromatic nitrogens is 1. The molecule has 0 unspecified atom stereocenters. The van der Waals surface area contributed by atoms with E-state index in [9.17, 15) is 14.0 Å². The molecule has 8 heteroatoms. The number of hydrogen-bond acceptors (Lipinski definition) is 4. The quantitative estimate of drug-likeness (QED) is 0.389. The van der Waals surface area contributed by atoms with E-state index in [1.54, 1.807) is 49.0 Å². The summed E-state index contributed by atoms with van der Waals surface area (Å²) >= 11 is 1.78. The molecule has 0 radical (unpaired) electrons. The van der Waals surface area contributed by atoms with Crippen molar-refractivity contribution in [1.29, 1.82) is 0 Å². The molecule has 2 heterocycles. The third kappa shape index (κ3) is 5.70. The molecule has 0 fully saturated rings. The summed E-state index contributed by atoms with van der Waals surface area (Å²) in [5.41, 5.74) is 5.36. The number of amides is 2. The molecule has 2 bridgehead atoms. The number of aryl methyl sites for hydroxylation is 1. The van der Waals surface area contributed by atoms with Crippen molar-refractivity contribution in [2.24, 2.45) is 0 Å². The number of carbonyl (C=O) groups is 2. The SMILES string of the molecule is COc1ccc(N(C)C(=O)[C@@H]2Cc3cccc(c3)CCSCc3[nH]c4ccc(F)cc4c3CC(=O)N2)cc1. The average Bonchev–Trinajstić information content (AvgIpc) is 3.25. The normalized spacial score (nSPS) is 16.3. The molecule has 1 aromatic heterocycles. The Morgan fingerprint density at radius 3 is 2.66 bits per heavy atom. The van der Waals surface area contributed by atoms with E-state index >= 15 is 0 Å². The van der Waals surface area contributed by atoms with Crippen molar-refractivity contribution in [3.63, 3.8) is 0 Å². The zero-order valence-corrected chi connectivity index (χ0v) is 22.2. The number of hydrogen-bond donors (Lipinski definition) is 2. The first-order chi connectivity index (χ1) is 18.4. The van der Waals surface area contributed by atoms with Gasteiger partial charge in [0.1, 0.15) is 17.6 Å². The number of nitrogens with zero attached hydrogens (tertiary/aromatic N) is 1. The second-order valence-corrected chi connectivity index (χ2v) is 10.6. The Morgan fingerprint density at radius 2 is 1.87 bits per heavy atom. The highest BCUT2D eigenvalue weighted by molar-refractivity contribution is 7.98. The molecule has 5 rings (SSSR count). The van der Waals surface area contributed by atoms with Gasteiger partial charge in [0, 0.05) is 41.5 Å². The molecule has 6 nitrogen and oxygen atoms in total. The van der Waals surface area contributed by atoms with Crippen LogP contribution in [-0.4, -0.2) is 42.8 Å². The Hall–Kier alpha value is -3.78. The fraction of sp³-hybridized carbons (Fsp3) is 0.267. The van der Waals surface area contributed by atoms with Crippen LogP contribution in [0.15, 0.2) is 66.7 Å². The molecule has 2 N–H and O–H groups in total. The van der Waals surface area contributed by atoms with E-state index in [0.717, 1.165) is 34.5 Å². The smallest absolute Gasteiger partial charge is 0.249 e.